The Morgan fingerprint density at radius 3 is 2.56 bits per heavy atom. The minimum absolute atomic E-state index is 0.0779. The highest BCUT2D eigenvalue weighted by atomic mass is 32.1. The van der Waals surface area contributed by atoms with E-state index in [0.717, 1.165) is 6.42 Å². The van der Waals surface area contributed by atoms with Gasteiger partial charge >= 0.3 is 5.97 Å². The molecule has 1 atom stereocenters. The van der Waals surface area contributed by atoms with Gasteiger partial charge in [0.25, 0.3) is 5.56 Å². The third kappa shape index (κ3) is 5.91. The van der Waals surface area contributed by atoms with Crippen LogP contribution in [0.1, 0.15) is 37.4 Å². The summed E-state index contributed by atoms with van der Waals surface area (Å²) in [6.07, 6.45) is 2.57. The van der Waals surface area contributed by atoms with Crippen LogP contribution in [0.25, 0.3) is 6.08 Å². The van der Waals surface area contributed by atoms with E-state index in [-0.39, 0.29) is 24.3 Å². The van der Waals surface area contributed by atoms with Gasteiger partial charge in [0, 0.05) is 24.3 Å². The quantitative estimate of drug-likeness (QED) is 0.266. The number of allylic oxidation sites excluding steroid dienone is 1. The van der Waals surface area contributed by atoms with E-state index in [1.165, 1.54) is 18.4 Å². The van der Waals surface area contributed by atoms with Crippen LogP contribution in [0.4, 0.5) is 0 Å². The van der Waals surface area contributed by atoms with E-state index in [1.807, 2.05) is 37.3 Å². The Morgan fingerprint density at radius 2 is 1.85 bits per heavy atom. The van der Waals surface area contributed by atoms with Crippen molar-refractivity contribution in [1.29, 1.82) is 0 Å². The molecule has 1 aromatic heterocycles. The molecule has 3 aromatic rings. The maximum absolute atomic E-state index is 14.0. The van der Waals surface area contributed by atoms with Gasteiger partial charge in [-0.2, -0.15) is 0 Å². The molecule has 0 amide bonds. The van der Waals surface area contributed by atoms with Crippen LogP contribution < -0.4 is 29.1 Å². The van der Waals surface area contributed by atoms with Crippen LogP contribution in [0.15, 0.2) is 63.5 Å². The molecule has 2 aromatic carbocycles. The second kappa shape index (κ2) is 12.8. The minimum atomic E-state index is -0.788. The highest BCUT2D eigenvalue weighted by Gasteiger charge is 2.35. The lowest BCUT2D eigenvalue weighted by Gasteiger charge is -2.26. The monoisotopic (exact) mass is 552 g/mol. The number of hydrogen-bond donors (Lipinski definition) is 0. The summed E-state index contributed by atoms with van der Waals surface area (Å²) in [7, 11) is 4.67. The molecule has 0 N–H and O–H groups in total. The first kappa shape index (κ1) is 28.1. The van der Waals surface area contributed by atoms with Gasteiger partial charge < -0.3 is 23.7 Å². The zero-order valence-electron chi connectivity index (χ0n) is 22.7. The first-order valence-corrected chi connectivity index (χ1v) is 13.4. The lowest BCUT2D eigenvalue weighted by molar-refractivity contribution is -0.140. The maximum atomic E-state index is 14.0. The fraction of sp³-hybridized carbons (Fsp3) is 0.345. The molecule has 0 bridgehead atoms. The molecule has 1 aliphatic heterocycles. The van der Waals surface area contributed by atoms with E-state index in [9.17, 15) is 9.59 Å². The molecule has 0 radical (unpaired) electrons. The van der Waals surface area contributed by atoms with Crippen LogP contribution in [0.5, 0.6) is 17.2 Å². The smallest absolute Gasteiger partial charge is 0.338 e. The van der Waals surface area contributed by atoms with E-state index in [2.05, 4.69) is 4.99 Å². The molecule has 0 unspecified atom stereocenters. The lowest BCUT2D eigenvalue weighted by atomic mass is 9.95. The number of ether oxygens (including phenoxy) is 5. The molecule has 39 heavy (non-hydrogen) atoms. The average Bonchev–Trinajstić information content (AvgIpc) is 3.25. The highest BCUT2D eigenvalue weighted by Crippen LogP contribution is 2.36. The summed E-state index contributed by atoms with van der Waals surface area (Å²) in [5, 5.41) is 0. The number of thiazole rings is 1. The van der Waals surface area contributed by atoms with Gasteiger partial charge in [0.15, 0.2) is 4.80 Å². The van der Waals surface area contributed by atoms with Gasteiger partial charge in [-0.3, -0.25) is 9.36 Å². The summed E-state index contributed by atoms with van der Waals surface area (Å²) >= 11 is 1.24. The van der Waals surface area contributed by atoms with E-state index in [0.29, 0.717) is 50.0 Å². The second-order valence-electron chi connectivity index (χ2n) is 8.70. The Morgan fingerprint density at radius 1 is 1.05 bits per heavy atom. The normalized spacial score (nSPS) is 15.0. The van der Waals surface area contributed by atoms with Crippen LogP contribution in [-0.2, 0) is 14.3 Å². The maximum Gasteiger partial charge on any atom is 0.338 e. The van der Waals surface area contributed by atoms with Gasteiger partial charge in [0.2, 0.25) is 0 Å². The van der Waals surface area contributed by atoms with Crippen molar-refractivity contribution in [2.24, 2.45) is 4.99 Å². The molecule has 2 heterocycles. The Balaban J connectivity index is 1.92. The number of hydrogen-bond acceptors (Lipinski definition) is 9. The van der Waals surface area contributed by atoms with Crippen molar-refractivity contribution in [3.8, 4) is 17.2 Å². The van der Waals surface area contributed by atoms with Crippen molar-refractivity contribution in [3.63, 3.8) is 0 Å². The van der Waals surface area contributed by atoms with Gasteiger partial charge in [-0.05, 0) is 37.6 Å². The van der Waals surface area contributed by atoms with Crippen molar-refractivity contribution in [1.82, 2.24) is 4.57 Å². The Labute approximate surface area is 230 Å². The summed E-state index contributed by atoms with van der Waals surface area (Å²) in [6, 6.07) is 12.0. The number of carbonyl (C=O) groups excluding carboxylic acids is 1. The van der Waals surface area contributed by atoms with Gasteiger partial charge in [-0.1, -0.05) is 36.5 Å². The molecule has 4 rings (SSSR count). The Bertz CT molecular complexity index is 1550. The van der Waals surface area contributed by atoms with Crippen molar-refractivity contribution in [3.05, 3.63) is 84.5 Å². The number of esters is 1. The molecule has 1 aliphatic rings. The molecule has 0 saturated carbocycles. The van der Waals surface area contributed by atoms with E-state index in [1.54, 1.807) is 43.9 Å². The molecule has 0 spiro atoms. The summed E-state index contributed by atoms with van der Waals surface area (Å²) in [6.45, 7) is 4.59. The Kier molecular flexibility index (Phi) is 9.21. The molecular weight excluding hydrogens is 520 g/mol. The first-order valence-electron chi connectivity index (χ1n) is 12.6. The fourth-order valence-electron chi connectivity index (χ4n) is 4.30. The predicted molar refractivity (Wildman–Crippen MR) is 148 cm³/mol. The van der Waals surface area contributed by atoms with Gasteiger partial charge in [-0.25, -0.2) is 9.79 Å². The number of fused-ring (bicyclic) bond motifs is 1. The van der Waals surface area contributed by atoms with Crippen molar-refractivity contribution in [2.45, 2.75) is 26.3 Å². The van der Waals surface area contributed by atoms with Crippen LogP contribution in [0.2, 0.25) is 0 Å². The lowest BCUT2D eigenvalue weighted by Crippen LogP contribution is -2.40. The summed E-state index contributed by atoms with van der Waals surface area (Å²) < 4.78 is 29.4. The number of benzene rings is 2. The number of aromatic nitrogens is 1. The Hall–Kier alpha value is -3.89. The van der Waals surface area contributed by atoms with Crippen molar-refractivity contribution in [2.75, 3.05) is 41.2 Å². The third-order valence-electron chi connectivity index (χ3n) is 6.16. The molecule has 0 saturated heterocycles. The second-order valence-corrected chi connectivity index (χ2v) is 9.71. The number of carbonyl (C=O) groups is 1. The molecule has 0 fully saturated rings. The van der Waals surface area contributed by atoms with Gasteiger partial charge in [-0.15, -0.1) is 0 Å². The predicted octanol–water partition coefficient (Wildman–Crippen LogP) is 3.23. The van der Waals surface area contributed by atoms with Gasteiger partial charge in [0.1, 0.15) is 29.9 Å². The van der Waals surface area contributed by atoms with E-state index < -0.39 is 12.0 Å². The number of nitrogens with zero attached hydrogens (tertiary/aromatic N) is 2. The standard InChI is InChI=1S/C29H32N2O7S/c1-6-13-37-22-10-8-7-9-21(22)26-25(28(33)38-15-14-34-3)18(2)30-29-31(26)27(32)24(39-29)16-19-11-12-20(35-4)17-23(19)36-5/h7-12,16-17,26H,6,13-15H2,1-5H3/b24-16+/t26-/m0/s1. The minimum Gasteiger partial charge on any atom is -0.497 e. The fourth-order valence-corrected chi connectivity index (χ4v) is 5.34. The molecule has 0 aliphatic carbocycles. The summed E-state index contributed by atoms with van der Waals surface area (Å²) in [5.41, 5.74) is 1.85. The SMILES string of the molecule is CCCOc1ccccc1[C@H]1C(C(=O)OCCOC)=C(C)N=c2s/c(=C/c3ccc(OC)cc3OC)c(=O)n21. The van der Waals surface area contributed by atoms with Crippen LogP contribution in [-0.4, -0.2) is 51.7 Å². The molecule has 206 valence electrons. The van der Waals surface area contributed by atoms with E-state index in [4.69, 9.17) is 23.7 Å². The topological polar surface area (TPSA) is 97.6 Å². The number of para-hydroxylation sites is 1. The first-order chi connectivity index (χ1) is 18.9. The number of methoxy groups -OCH3 is 3. The zero-order valence-corrected chi connectivity index (χ0v) is 23.5. The molecular formula is C29H32N2O7S. The third-order valence-corrected chi connectivity index (χ3v) is 7.15. The largest absolute Gasteiger partial charge is 0.497 e. The zero-order chi connectivity index (χ0) is 27.9. The average molecular weight is 553 g/mol. The molecule has 9 nitrogen and oxygen atoms in total. The van der Waals surface area contributed by atoms with Crippen LogP contribution >= 0.6 is 11.3 Å². The van der Waals surface area contributed by atoms with E-state index >= 15 is 0 Å². The highest BCUT2D eigenvalue weighted by molar-refractivity contribution is 7.07. The summed E-state index contributed by atoms with van der Waals surface area (Å²) in [5.74, 6) is 1.23. The van der Waals surface area contributed by atoms with Crippen LogP contribution in [0, 0.1) is 0 Å². The van der Waals surface area contributed by atoms with Crippen LogP contribution in [0.3, 0.4) is 0 Å². The molecule has 10 heteroatoms. The number of rotatable bonds is 11. The van der Waals surface area contributed by atoms with Crippen molar-refractivity contribution < 1.29 is 28.5 Å². The summed E-state index contributed by atoms with van der Waals surface area (Å²) in [4.78, 5) is 32.5. The van der Waals surface area contributed by atoms with Gasteiger partial charge in [0.05, 0.1) is 43.2 Å². The van der Waals surface area contributed by atoms with Crippen molar-refractivity contribution >= 4 is 23.4 Å².